The van der Waals surface area contributed by atoms with Gasteiger partial charge in [-0.1, -0.05) is 51.5 Å². The van der Waals surface area contributed by atoms with Gasteiger partial charge < -0.3 is 0 Å². The third-order valence-electron chi connectivity index (χ3n) is 2.45. The van der Waals surface area contributed by atoms with Crippen molar-refractivity contribution in [3.63, 3.8) is 0 Å². The maximum absolute atomic E-state index is 4.13. The maximum atomic E-state index is 4.13. The largest absolute Gasteiger partial charge is 0.0995 e. The normalized spacial score (nSPS) is 21.9. The summed E-state index contributed by atoms with van der Waals surface area (Å²) >= 11 is 0. The van der Waals surface area contributed by atoms with E-state index in [2.05, 4.69) is 40.3 Å². The van der Waals surface area contributed by atoms with Crippen molar-refractivity contribution in [2.75, 3.05) is 0 Å². The van der Waals surface area contributed by atoms with Crippen molar-refractivity contribution in [1.29, 1.82) is 0 Å². The van der Waals surface area contributed by atoms with Crippen LogP contribution in [-0.4, -0.2) is 0 Å². The highest BCUT2D eigenvalue weighted by molar-refractivity contribution is 5.23. The van der Waals surface area contributed by atoms with Crippen LogP contribution in [0.15, 0.2) is 23.8 Å². The minimum Gasteiger partial charge on any atom is -0.0995 e. The molecule has 1 aliphatic rings. The molecule has 1 rings (SSSR count). The molecule has 13 heavy (non-hydrogen) atoms. The third kappa shape index (κ3) is 3.38. The molecule has 0 aromatic carbocycles. The molecule has 1 aliphatic carbocycles. The summed E-state index contributed by atoms with van der Waals surface area (Å²) in [7, 11) is 0. The monoisotopic (exact) mass is 178 g/mol. The SMILES string of the molecule is C=C1CC(CC(C)C)=CC(C)(C)C1. The molecule has 0 bridgehead atoms. The quantitative estimate of drug-likeness (QED) is 0.552. The molecule has 0 atom stereocenters. The number of rotatable bonds is 2. The third-order valence-corrected chi connectivity index (χ3v) is 2.45. The van der Waals surface area contributed by atoms with Crippen molar-refractivity contribution in [1.82, 2.24) is 0 Å². The van der Waals surface area contributed by atoms with E-state index in [0.717, 1.165) is 18.8 Å². The lowest BCUT2D eigenvalue weighted by molar-refractivity contribution is 0.443. The van der Waals surface area contributed by atoms with Crippen LogP contribution in [0.5, 0.6) is 0 Å². The van der Waals surface area contributed by atoms with E-state index in [-0.39, 0.29) is 0 Å². The van der Waals surface area contributed by atoms with Crippen molar-refractivity contribution in [2.45, 2.75) is 47.0 Å². The van der Waals surface area contributed by atoms with Crippen LogP contribution in [0, 0.1) is 11.3 Å². The summed E-state index contributed by atoms with van der Waals surface area (Å²) in [6.07, 6.45) is 6.00. The van der Waals surface area contributed by atoms with Gasteiger partial charge in [-0.25, -0.2) is 0 Å². The highest BCUT2D eigenvalue weighted by Gasteiger charge is 2.22. The summed E-state index contributed by atoms with van der Waals surface area (Å²) in [5.41, 5.74) is 3.35. The van der Waals surface area contributed by atoms with Gasteiger partial charge in [-0.05, 0) is 30.6 Å². The minimum absolute atomic E-state index is 0.347. The van der Waals surface area contributed by atoms with Crippen LogP contribution in [0.4, 0.5) is 0 Å². The molecule has 0 aromatic rings. The average molecular weight is 178 g/mol. The molecule has 0 nitrogen and oxygen atoms in total. The highest BCUT2D eigenvalue weighted by Crippen LogP contribution is 2.37. The number of allylic oxidation sites excluding steroid dienone is 3. The van der Waals surface area contributed by atoms with Crippen LogP contribution >= 0.6 is 0 Å². The summed E-state index contributed by atoms with van der Waals surface area (Å²) in [6, 6.07) is 0. The van der Waals surface area contributed by atoms with Gasteiger partial charge in [0.25, 0.3) is 0 Å². The first kappa shape index (κ1) is 10.6. The van der Waals surface area contributed by atoms with Crippen LogP contribution in [0.3, 0.4) is 0 Å². The lowest BCUT2D eigenvalue weighted by Gasteiger charge is -2.29. The van der Waals surface area contributed by atoms with Crippen molar-refractivity contribution in [3.05, 3.63) is 23.8 Å². The van der Waals surface area contributed by atoms with E-state index < -0.39 is 0 Å². The Balaban J connectivity index is 2.73. The number of hydrogen-bond donors (Lipinski definition) is 0. The standard InChI is InChI=1S/C13H22/c1-10(2)6-12-7-11(3)8-13(4,5)9-12/h9-10H,3,6-8H2,1-2,4-5H3. The van der Waals surface area contributed by atoms with Crippen molar-refractivity contribution in [3.8, 4) is 0 Å². The fourth-order valence-electron chi connectivity index (χ4n) is 2.34. The molecule has 0 saturated heterocycles. The van der Waals surface area contributed by atoms with E-state index in [9.17, 15) is 0 Å². The van der Waals surface area contributed by atoms with Crippen LogP contribution in [0.1, 0.15) is 47.0 Å². The minimum atomic E-state index is 0.347. The Hall–Kier alpha value is -0.520. The molecular weight excluding hydrogens is 156 g/mol. The lowest BCUT2D eigenvalue weighted by atomic mass is 9.76. The Morgan fingerprint density at radius 1 is 1.46 bits per heavy atom. The second-order valence-corrected chi connectivity index (χ2v) is 5.49. The zero-order valence-corrected chi connectivity index (χ0v) is 9.48. The first-order valence-electron chi connectivity index (χ1n) is 5.26. The van der Waals surface area contributed by atoms with Crippen molar-refractivity contribution >= 4 is 0 Å². The van der Waals surface area contributed by atoms with Crippen LogP contribution < -0.4 is 0 Å². The van der Waals surface area contributed by atoms with E-state index in [1.807, 2.05) is 0 Å². The predicted octanol–water partition coefficient (Wildman–Crippen LogP) is 4.34. The summed E-state index contributed by atoms with van der Waals surface area (Å²) in [5, 5.41) is 0. The average Bonchev–Trinajstić information content (AvgIpc) is 1.78. The van der Waals surface area contributed by atoms with E-state index >= 15 is 0 Å². The Kier molecular flexibility index (Phi) is 3.00. The summed E-state index contributed by atoms with van der Waals surface area (Å²) < 4.78 is 0. The lowest BCUT2D eigenvalue weighted by Crippen LogP contribution is -2.15. The molecule has 0 spiro atoms. The molecule has 0 heteroatoms. The summed E-state index contributed by atoms with van der Waals surface area (Å²) in [4.78, 5) is 0. The highest BCUT2D eigenvalue weighted by atomic mass is 14.3. The van der Waals surface area contributed by atoms with Gasteiger partial charge in [0.05, 0.1) is 0 Å². The fraction of sp³-hybridized carbons (Fsp3) is 0.692. The smallest absolute Gasteiger partial charge is 0.0111 e. The Bertz CT molecular complexity index is 228. The maximum Gasteiger partial charge on any atom is -0.0111 e. The Morgan fingerprint density at radius 2 is 2.08 bits per heavy atom. The van der Waals surface area contributed by atoms with Gasteiger partial charge in [0.15, 0.2) is 0 Å². The first-order chi connectivity index (χ1) is 5.89. The molecule has 0 unspecified atom stereocenters. The van der Waals surface area contributed by atoms with Crippen LogP contribution in [0.2, 0.25) is 0 Å². The summed E-state index contributed by atoms with van der Waals surface area (Å²) in [5.74, 6) is 0.771. The van der Waals surface area contributed by atoms with Gasteiger partial charge in [0.1, 0.15) is 0 Å². The van der Waals surface area contributed by atoms with E-state index in [4.69, 9.17) is 0 Å². The molecule has 74 valence electrons. The fourth-order valence-corrected chi connectivity index (χ4v) is 2.34. The van der Waals surface area contributed by atoms with Gasteiger partial charge in [0, 0.05) is 0 Å². The van der Waals surface area contributed by atoms with Gasteiger partial charge >= 0.3 is 0 Å². The second kappa shape index (κ2) is 3.69. The van der Waals surface area contributed by atoms with Gasteiger partial charge in [0.2, 0.25) is 0 Å². The van der Waals surface area contributed by atoms with E-state index in [1.54, 1.807) is 5.57 Å². The first-order valence-corrected chi connectivity index (χ1v) is 5.26. The zero-order chi connectivity index (χ0) is 10.1. The molecule has 0 N–H and O–H groups in total. The van der Waals surface area contributed by atoms with Gasteiger partial charge in [-0.3, -0.25) is 0 Å². The molecule has 0 aliphatic heterocycles. The van der Waals surface area contributed by atoms with Crippen LogP contribution in [0.25, 0.3) is 0 Å². The molecule has 0 aromatic heterocycles. The molecule has 0 heterocycles. The van der Waals surface area contributed by atoms with Crippen molar-refractivity contribution < 1.29 is 0 Å². The summed E-state index contributed by atoms with van der Waals surface area (Å²) in [6.45, 7) is 13.3. The molecule has 0 fully saturated rings. The number of hydrogen-bond acceptors (Lipinski definition) is 0. The Labute approximate surface area is 82.7 Å². The molecule has 0 radical (unpaired) electrons. The molecular formula is C13H22. The second-order valence-electron chi connectivity index (χ2n) is 5.49. The zero-order valence-electron chi connectivity index (χ0n) is 9.48. The molecule has 0 amide bonds. The van der Waals surface area contributed by atoms with Crippen molar-refractivity contribution in [2.24, 2.45) is 11.3 Å². The topological polar surface area (TPSA) is 0 Å². The van der Waals surface area contributed by atoms with E-state index in [1.165, 1.54) is 12.0 Å². The van der Waals surface area contributed by atoms with Gasteiger partial charge in [-0.2, -0.15) is 0 Å². The predicted molar refractivity (Wildman–Crippen MR) is 59.7 cm³/mol. The Morgan fingerprint density at radius 3 is 2.54 bits per heavy atom. The van der Waals surface area contributed by atoms with Crippen LogP contribution in [-0.2, 0) is 0 Å². The van der Waals surface area contributed by atoms with E-state index in [0.29, 0.717) is 5.41 Å². The molecule has 0 saturated carbocycles. The van der Waals surface area contributed by atoms with Gasteiger partial charge in [-0.15, -0.1) is 0 Å².